The van der Waals surface area contributed by atoms with E-state index in [4.69, 9.17) is 5.73 Å². The number of benzene rings is 1. The van der Waals surface area contributed by atoms with E-state index in [0.717, 1.165) is 18.5 Å². The number of carbonyl (C=O) groups excluding carboxylic acids is 3. The summed E-state index contributed by atoms with van der Waals surface area (Å²) in [7, 11) is 6.88. The van der Waals surface area contributed by atoms with E-state index in [1.165, 1.54) is 6.07 Å². The molecule has 204 valence electrons. The Morgan fingerprint density at radius 3 is 2.34 bits per heavy atom. The van der Waals surface area contributed by atoms with Gasteiger partial charge in [-0.05, 0) is 57.5 Å². The van der Waals surface area contributed by atoms with Gasteiger partial charge >= 0.3 is 0 Å². The number of amides is 1. The number of ketones is 2. The summed E-state index contributed by atoms with van der Waals surface area (Å²) in [5.74, 6) is -5.99. The van der Waals surface area contributed by atoms with E-state index in [2.05, 4.69) is 5.32 Å². The van der Waals surface area contributed by atoms with Gasteiger partial charge in [0.05, 0.1) is 11.6 Å². The van der Waals surface area contributed by atoms with Crippen molar-refractivity contribution < 1.29 is 34.8 Å². The Balaban J connectivity index is 1.80. The van der Waals surface area contributed by atoms with Gasteiger partial charge in [0, 0.05) is 49.3 Å². The molecule has 1 aromatic carbocycles. The summed E-state index contributed by atoms with van der Waals surface area (Å²) in [4.78, 5) is 43.3. The third kappa shape index (κ3) is 3.49. The summed E-state index contributed by atoms with van der Waals surface area (Å²) < 4.78 is 0. The second kappa shape index (κ2) is 8.55. The molecule has 0 saturated heterocycles. The lowest BCUT2D eigenvalue weighted by molar-refractivity contribution is -0.150. The van der Waals surface area contributed by atoms with Crippen molar-refractivity contribution in [3.63, 3.8) is 0 Å². The van der Waals surface area contributed by atoms with Crippen LogP contribution in [0.4, 0.5) is 5.69 Å². The number of Topliss-reactive ketones (excluding diaryl/α,β-unsaturated/α-hetero) is 2. The molecule has 5 rings (SSSR count). The summed E-state index contributed by atoms with van der Waals surface area (Å²) in [5, 5.41) is 48.9. The number of aliphatic hydroxyl groups excluding tert-OH is 2. The predicted molar refractivity (Wildman–Crippen MR) is 138 cm³/mol. The zero-order valence-electron chi connectivity index (χ0n) is 21.9. The number of rotatable bonds is 6. The molecule has 4 aliphatic rings. The van der Waals surface area contributed by atoms with E-state index in [1.54, 1.807) is 25.1 Å². The van der Waals surface area contributed by atoms with Crippen LogP contribution in [0.15, 0.2) is 34.8 Å². The first-order valence-corrected chi connectivity index (χ1v) is 12.7. The number of nitrogens with one attached hydrogen (secondary N) is 1. The van der Waals surface area contributed by atoms with Crippen LogP contribution < -0.4 is 16.0 Å². The van der Waals surface area contributed by atoms with Gasteiger partial charge in [-0.1, -0.05) is 0 Å². The first kappa shape index (κ1) is 26.2. The summed E-state index contributed by atoms with van der Waals surface area (Å²) in [5.41, 5.74) is 2.01. The monoisotopic (exact) mass is 526 g/mol. The molecule has 4 atom stereocenters. The average molecular weight is 527 g/mol. The third-order valence-electron chi connectivity index (χ3n) is 8.59. The zero-order chi connectivity index (χ0) is 27.9. The second-order valence-corrected chi connectivity index (χ2v) is 11.5. The third-order valence-corrected chi connectivity index (χ3v) is 8.59. The number of carbonyl (C=O) groups is 3. The molecule has 1 saturated carbocycles. The SMILES string of the molecule is CN(C)c1ccc(O)c2c1C[C@@]1(CNC3CC3)C[C@H]3[C@H](N(C)C)C(O)=C(C(N)=O)C(=O)[C@@]3(O)C(O)=C1C2=O. The van der Waals surface area contributed by atoms with Crippen LogP contribution in [0.5, 0.6) is 5.75 Å². The fraction of sp³-hybridized carbons (Fsp3) is 0.519. The van der Waals surface area contributed by atoms with Crippen LogP contribution in [0.3, 0.4) is 0 Å². The number of aliphatic hydroxyl groups is 3. The van der Waals surface area contributed by atoms with Gasteiger partial charge in [0.25, 0.3) is 5.91 Å². The molecule has 11 heteroatoms. The van der Waals surface area contributed by atoms with E-state index < -0.39 is 57.5 Å². The Morgan fingerprint density at radius 2 is 1.79 bits per heavy atom. The normalized spacial score (nSPS) is 30.8. The lowest BCUT2D eigenvalue weighted by Gasteiger charge is -2.54. The van der Waals surface area contributed by atoms with Crippen LogP contribution in [-0.2, 0) is 16.0 Å². The molecule has 38 heavy (non-hydrogen) atoms. The van der Waals surface area contributed by atoms with Gasteiger partial charge in [-0.3, -0.25) is 19.3 Å². The van der Waals surface area contributed by atoms with Crippen LogP contribution >= 0.6 is 0 Å². The molecule has 0 aromatic heterocycles. The van der Waals surface area contributed by atoms with Crippen LogP contribution in [0.1, 0.15) is 35.2 Å². The number of phenolic OH excluding ortho intramolecular Hbond substituents is 1. The first-order chi connectivity index (χ1) is 17.8. The number of hydrogen-bond donors (Lipinski definition) is 6. The van der Waals surface area contributed by atoms with Gasteiger partial charge in [0.2, 0.25) is 5.78 Å². The lowest BCUT2D eigenvalue weighted by atomic mass is 9.52. The van der Waals surface area contributed by atoms with E-state index in [1.807, 2.05) is 19.0 Å². The maximum Gasteiger partial charge on any atom is 0.255 e. The summed E-state index contributed by atoms with van der Waals surface area (Å²) in [6, 6.07) is 2.32. The summed E-state index contributed by atoms with van der Waals surface area (Å²) >= 11 is 0. The molecule has 0 spiro atoms. The molecule has 4 aliphatic carbocycles. The zero-order valence-corrected chi connectivity index (χ0v) is 21.9. The van der Waals surface area contributed by atoms with Crippen molar-refractivity contribution in [1.82, 2.24) is 10.2 Å². The van der Waals surface area contributed by atoms with E-state index in [9.17, 15) is 34.8 Å². The number of nitrogens with two attached hydrogens (primary N) is 1. The van der Waals surface area contributed by atoms with Crippen molar-refractivity contribution in [3.05, 3.63) is 45.9 Å². The van der Waals surface area contributed by atoms with Crippen molar-refractivity contribution in [1.29, 1.82) is 0 Å². The molecular weight excluding hydrogens is 492 g/mol. The van der Waals surface area contributed by atoms with E-state index in [-0.39, 0.29) is 42.3 Å². The number of hydrogen-bond acceptors (Lipinski definition) is 10. The molecule has 0 aliphatic heterocycles. The standard InChI is InChI=1S/C27H34N4O7/c1-30(2)15-7-8-16(32)17-13(15)9-26(11-29-12-5-6-12)10-14-20(31(3)4)22(34)18(25(28)37)23(35)27(14,38)24(36)19(26)21(17)33/h7-8,12,14,20,29,32,34,36,38H,5-6,9-11H2,1-4H3,(H2,28,37)/t14-,20-,26-,27+/m0/s1. The molecule has 0 radical (unpaired) electrons. The van der Waals surface area contributed by atoms with Crippen LogP contribution in [0.25, 0.3) is 0 Å². The fourth-order valence-electron chi connectivity index (χ4n) is 6.69. The number of phenols is 1. The highest BCUT2D eigenvalue weighted by atomic mass is 16.3. The van der Waals surface area contributed by atoms with Gasteiger partial charge in [-0.15, -0.1) is 0 Å². The Hall–Kier alpha value is -3.41. The molecular formula is C27H34N4O7. The predicted octanol–water partition coefficient (Wildman–Crippen LogP) is 0.309. The van der Waals surface area contributed by atoms with Crippen LogP contribution in [-0.4, -0.2) is 95.2 Å². The summed E-state index contributed by atoms with van der Waals surface area (Å²) in [6.07, 6.45) is 2.18. The van der Waals surface area contributed by atoms with Crippen molar-refractivity contribution >= 4 is 23.2 Å². The minimum absolute atomic E-state index is 0.00257. The highest BCUT2D eigenvalue weighted by Crippen LogP contribution is 2.58. The maximum atomic E-state index is 14.1. The van der Waals surface area contributed by atoms with Crippen LogP contribution in [0.2, 0.25) is 0 Å². The van der Waals surface area contributed by atoms with Crippen molar-refractivity contribution in [2.75, 3.05) is 39.6 Å². The Labute approximate surface area is 220 Å². The fourth-order valence-corrected chi connectivity index (χ4v) is 6.69. The minimum atomic E-state index is -2.67. The second-order valence-electron chi connectivity index (χ2n) is 11.5. The first-order valence-electron chi connectivity index (χ1n) is 12.7. The number of nitrogens with zero attached hydrogens (tertiary/aromatic N) is 2. The number of aromatic hydroxyl groups is 1. The largest absolute Gasteiger partial charge is 0.510 e. The molecule has 1 fully saturated rings. The molecule has 1 aromatic rings. The Morgan fingerprint density at radius 1 is 1.13 bits per heavy atom. The molecule has 0 heterocycles. The number of primary amides is 1. The highest BCUT2D eigenvalue weighted by Gasteiger charge is 2.66. The topological polar surface area (TPSA) is 177 Å². The maximum absolute atomic E-state index is 14.1. The van der Waals surface area contributed by atoms with E-state index in [0.29, 0.717) is 5.56 Å². The smallest absolute Gasteiger partial charge is 0.255 e. The Kier molecular flexibility index (Phi) is 5.90. The molecule has 0 unspecified atom stereocenters. The number of likely N-dealkylation sites (N-methyl/N-ethyl adjacent to an activating group) is 1. The molecule has 1 amide bonds. The molecule has 11 nitrogen and oxygen atoms in total. The molecule has 0 bridgehead atoms. The Bertz CT molecular complexity index is 1330. The van der Waals surface area contributed by atoms with Gasteiger partial charge < -0.3 is 36.4 Å². The molecule has 7 N–H and O–H groups in total. The summed E-state index contributed by atoms with van der Waals surface area (Å²) in [6.45, 7) is 0.263. The lowest BCUT2D eigenvalue weighted by Crippen LogP contribution is -2.66. The highest BCUT2D eigenvalue weighted by molar-refractivity contribution is 6.25. The van der Waals surface area contributed by atoms with Gasteiger partial charge in [0.1, 0.15) is 22.8 Å². The van der Waals surface area contributed by atoms with Gasteiger partial charge in [-0.25, -0.2) is 0 Å². The van der Waals surface area contributed by atoms with Crippen molar-refractivity contribution in [2.24, 2.45) is 17.1 Å². The quantitative estimate of drug-likeness (QED) is 0.283. The number of fused-ring (bicyclic) bond motifs is 3. The van der Waals surface area contributed by atoms with E-state index >= 15 is 0 Å². The number of anilines is 1. The van der Waals surface area contributed by atoms with Crippen molar-refractivity contribution in [2.45, 2.75) is 43.4 Å². The van der Waals surface area contributed by atoms with Gasteiger partial charge in [0.15, 0.2) is 11.4 Å². The van der Waals surface area contributed by atoms with Gasteiger partial charge in [-0.2, -0.15) is 0 Å². The van der Waals surface area contributed by atoms with Crippen LogP contribution in [0, 0.1) is 11.3 Å². The van der Waals surface area contributed by atoms with Crippen molar-refractivity contribution in [3.8, 4) is 5.75 Å². The minimum Gasteiger partial charge on any atom is -0.510 e. The average Bonchev–Trinajstić information content (AvgIpc) is 3.64.